The Labute approximate surface area is 103 Å². The quantitative estimate of drug-likeness (QED) is 0.492. The maximum absolute atomic E-state index is 13.1. The minimum Gasteiger partial charge on any atom is -0.207 e. The van der Waals surface area contributed by atoms with Gasteiger partial charge in [0.15, 0.2) is 0 Å². The normalized spacial score (nSPS) is 12.4. The second kappa shape index (κ2) is 3.68. The molecule has 2 aromatic carbocycles. The van der Waals surface area contributed by atoms with Gasteiger partial charge in [-0.15, -0.1) is 11.3 Å². The summed E-state index contributed by atoms with van der Waals surface area (Å²) >= 11 is 1.29. The fourth-order valence-corrected chi connectivity index (χ4v) is 3.04. The molecule has 18 heavy (non-hydrogen) atoms. The molecule has 0 unspecified atom stereocenters. The lowest BCUT2D eigenvalue weighted by molar-refractivity contribution is -0.137. The summed E-state index contributed by atoms with van der Waals surface area (Å²) in [4.78, 5) is 0. The number of fused-ring (bicyclic) bond motifs is 3. The van der Waals surface area contributed by atoms with E-state index >= 15 is 0 Å². The first-order valence-corrected chi connectivity index (χ1v) is 5.96. The third-order valence-corrected chi connectivity index (χ3v) is 3.89. The molecule has 0 saturated heterocycles. The van der Waals surface area contributed by atoms with Gasteiger partial charge in [0, 0.05) is 20.2 Å². The maximum atomic E-state index is 13.1. The number of hydrogen-bond acceptors (Lipinski definition) is 1. The van der Waals surface area contributed by atoms with Gasteiger partial charge in [0.25, 0.3) is 0 Å². The van der Waals surface area contributed by atoms with E-state index in [1.807, 2.05) is 0 Å². The Bertz CT molecular complexity index is 740. The molecule has 0 atom stereocenters. The lowest BCUT2D eigenvalue weighted by Crippen LogP contribution is -2.03. The smallest absolute Gasteiger partial charge is 0.207 e. The predicted octanol–water partition coefficient (Wildman–Crippen LogP) is 5.21. The number of hydrogen-bond donors (Lipinski definition) is 0. The summed E-state index contributed by atoms with van der Waals surface area (Å²) < 4.78 is 52.3. The third kappa shape index (κ3) is 1.75. The maximum Gasteiger partial charge on any atom is 0.416 e. The van der Waals surface area contributed by atoms with Gasteiger partial charge in [-0.3, -0.25) is 0 Å². The van der Waals surface area contributed by atoms with E-state index in [9.17, 15) is 17.6 Å². The number of thiophene rings is 1. The first-order chi connectivity index (χ1) is 8.45. The summed E-state index contributed by atoms with van der Waals surface area (Å²) in [6.45, 7) is 0. The van der Waals surface area contributed by atoms with E-state index < -0.39 is 11.7 Å². The Balaban J connectivity index is 2.36. The van der Waals surface area contributed by atoms with Crippen LogP contribution in [0.2, 0.25) is 0 Å². The van der Waals surface area contributed by atoms with Gasteiger partial charge < -0.3 is 0 Å². The van der Waals surface area contributed by atoms with E-state index in [0.717, 1.165) is 16.8 Å². The highest BCUT2D eigenvalue weighted by atomic mass is 32.1. The standard InChI is InChI=1S/C13H6F4S/c14-8-2-3-9-10-5-7(13(15,16)17)1-4-11(10)18-12(9)6-8/h1-6H. The first-order valence-electron chi connectivity index (χ1n) is 5.14. The van der Waals surface area contributed by atoms with Crippen LogP contribution in [0.15, 0.2) is 36.4 Å². The molecule has 3 rings (SSSR count). The minimum atomic E-state index is -4.36. The van der Waals surface area contributed by atoms with Crippen LogP contribution in [0.1, 0.15) is 5.56 Å². The molecule has 0 amide bonds. The molecule has 5 heteroatoms. The average Bonchev–Trinajstić information content (AvgIpc) is 2.63. The van der Waals surface area contributed by atoms with Crippen molar-refractivity contribution in [3.05, 3.63) is 47.8 Å². The van der Waals surface area contributed by atoms with Crippen LogP contribution in [0.4, 0.5) is 17.6 Å². The lowest BCUT2D eigenvalue weighted by Gasteiger charge is -2.05. The summed E-state index contributed by atoms with van der Waals surface area (Å²) in [5.74, 6) is -0.384. The Morgan fingerprint density at radius 1 is 0.833 bits per heavy atom. The lowest BCUT2D eigenvalue weighted by atomic mass is 10.1. The van der Waals surface area contributed by atoms with E-state index in [4.69, 9.17) is 0 Å². The molecule has 0 radical (unpaired) electrons. The third-order valence-electron chi connectivity index (χ3n) is 2.76. The van der Waals surface area contributed by atoms with E-state index in [0.29, 0.717) is 15.5 Å². The molecule has 1 heterocycles. The SMILES string of the molecule is Fc1ccc2c(c1)sc1ccc(C(F)(F)F)cc12. The van der Waals surface area contributed by atoms with Crippen molar-refractivity contribution in [2.45, 2.75) is 6.18 Å². The second-order valence-electron chi connectivity index (χ2n) is 3.95. The van der Waals surface area contributed by atoms with Gasteiger partial charge >= 0.3 is 6.18 Å². The molecular weight excluding hydrogens is 264 g/mol. The van der Waals surface area contributed by atoms with Gasteiger partial charge in [0.05, 0.1) is 5.56 Å². The van der Waals surface area contributed by atoms with E-state index in [1.165, 1.54) is 35.6 Å². The molecule has 0 nitrogen and oxygen atoms in total. The Hall–Kier alpha value is -1.62. The van der Waals surface area contributed by atoms with Crippen LogP contribution in [0, 0.1) is 5.82 Å². The minimum absolute atomic E-state index is 0.384. The van der Waals surface area contributed by atoms with Crippen LogP contribution in [0.3, 0.4) is 0 Å². The van der Waals surface area contributed by atoms with Crippen LogP contribution >= 0.6 is 11.3 Å². The monoisotopic (exact) mass is 270 g/mol. The number of halogens is 4. The number of rotatable bonds is 0. The van der Waals surface area contributed by atoms with Gasteiger partial charge in [-0.05, 0) is 30.3 Å². The Kier molecular flexibility index (Phi) is 2.35. The summed E-state index contributed by atoms with van der Waals surface area (Å²) in [5.41, 5.74) is -0.681. The van der Waals surface area contributed by atoms with Gasteiger partial charge in [-0.25, -0.2) is 4.39 Å². The van der Waals surface area contributed by atoms with Crippen molar-refractivity contribution in [1.29, 1.82) is 0 Å². The van der Waals surface area contributed by atoms with Crippen molar-refractivity contribution in [3.8, 4) is 0 Å². The highest BCUT2D eigenvalue weighted by molar-refractivity contribution is 7.25. The fraction of sp³-hybridized carbons (Fsp3) is 0.0769. The fourth-order valence-electron chi connectivity index (χ4n) is 1.93. The van der Waals surface area contributed by atoms with Crippen molar-refractivity contribution in [1.82, 2.24) is 0 Å². The van der Waals surface area contributed by atoms with Gasteiger partial charge in [0.2, 0.25) is 0 Å². The molecule has 0 N–H and O–H groups in total. The van der Waals surface area contributed by atoms with Crippen LogP contribution in [-0.2, 0) is 6.18 Å². The van der Waals surface area contributed by atoms with Crippen molar-refractivity contribution in [3.63, 3.8) is 0 Å². The molecule has 0 aliphatic heterocycles. The molecular formula is C13H6F4S. The molecule has 0 aliphatic rings. The average molecular weight is 270 g/mol. The molecule has 0 fully saturated rings. The van der Waals surface area contributed by atoms with Gasteiger partial charge in [0.1, 0.15) is 5.82 Å². The van der Waals surface area contributed by atoms with Crippen molar-refractivity contribution >= 4 is 31.5 Å². The second-order valence-corrected chi connectivity index (χ2v) is 5.04. The molecule has 3 aromatic rings. The molecule has 0 saturated carbocycles. The van der Waals surface area contributed by atoms with E-state index in [-0.39, 0.29) is 5.82 Å². The van der Waals surface area contributed by atoms with Crippen LogP contribution < -0.4 is 0 Å². The van der Waals surface area contributed by atoms with E-state index in [1.54, 1.807) is 0 Å². The zero-order valence-corrected chi connectivity index (χ0v) is 9.70. The van der Waals surface area contributed by atoms with E-state index in [2.05, 4.69) is 0 Å². The van der Waals surface area contributed by atoms with Gasteiger partial charge in [-0.2, -0.15) is 13.2 Å². The largest absolute Gasteiger partial charge is 0.416 e. The summed E-state index contributed by atoms with van der Waals surface area (Å²) in [6, 6.07) is 7.71. The summed E-state index contributed by atoms with van der Waals surface area (Å²) in [7, 11) is 0. The van der Waals surface area contributed by atoms with Crippen LogP contribution in [-0.4, -0.2) is 0 Å². The number of alkyl halides is 3. The molecule has 0 spiro atoms. The number of benzene rings is 2. The summed E-state index contributed by atoms with van der Waals surface area (Å²) in [5, 5.41) is 1.17. The Morgan fingerprint density at radius 2 is 1.61 bits per heavy atom. The zero-order chi connectivity index (χ0) is 12.9. The van der Waals surface area contributed by atoms with Crippen molar-refractivity contribution in [2.24, 2.45) is 0 Å². The zero-order valence-electron chi connectivity index (χ0n) is 8.88. The highest BCUT2D eigenvalue weighted by Crippen LogP contribution is 2.38. The molecule has 0 bridgehead atoms. The van der Waals surface area contributed by atoms with Crippen molar-refractivity contribution < 1.29 is 17.6 Å². The topological polar surface area (TPSA) is 0 Å². The predicted molar refractivity (Wildman–Crippen MR) is 64.3 cm³/mol. The molecule has 0 aliphatic carbocycles. The molecule has 1 aromatic heterocycles. The van der Waals surface area contributed by atoms with Crippen molar-refractivity contribution in [2.75, 3.05) is 0 Å². The van der Waals surface area contributed by atoms with Crippen LogP contribution in [0.5, 0.6) is 0 Å². The van der Waals surface area contributed by atoms with Gasteiger partial charge in [-0.1, -0.05) is 6.07 Å². The molecule has 92 valence electrons. The summed E-state index contributed by atoms with van der Waals surface area (Å²) in [6.07, 6.45) is -4.36. The van der Waals surface area contributed by atoms with Crippen LogP contribution in [0.25, 0.3) is 20.2 Å². The Morgan fingerprint density at radius 3 is 2.33 bits per heavy atom. The highest BCUT2D eigenvalue weighted by Gasteiger charge is 2.30. The first kappa shape index (κ1) is 11.5.